The molecule has 11 heteroatoms. The number of hydrogen-bond acceptors (Lipinski definition) is 5. The zero-order chi connectivity index (χ0) is 34.6. The van der Waals surface area contributed by atoms with Crippen molar-refractivity contribution in [2.24, 2.45) is 7.05 Å². The molecular formula is C37H35F4N3O4. The number of nitrogens with zero attached hydrogens (tertiary/aromatic N) is 2. The molecule has 4 aromatic carbocycles. The molecule has 1 saturated heterocycles. The number of benzene rings is 4. The molecule has 1 atom stereocenters. The van der Waals surface area contributed by atoms with Crippen molar-refractivity contribution in [3.05, 3.63) is 117 Å². The summed E-state index contributed by atoms with van der Waals surface area (Å²) < 4.78 is 57.5. The second-order valence-electron chi connectivity index (χ2n) is 11.7. The van der Waals surface area contributed by atoms with E-state index in [0.717, 1.165) is 18.7 Å². The maximum absolute atomic E-state index is 14.3. The summed E-state index contributed by atoms with van der Waals surface area (Å²) in [6, 6.07) is 19.8. The van der Waals surface area contributed by atoms with Crippen molar-refractivity contribution in [1.82, 2.24) is 14.8 Å². The van der Waals surface area contributed by atoms with E-state index in [-0.39, 0.29) is 28.5 Å². The van der Waals surface area contributed by atoms with Gasteiger partial charge in [-0.05, 0) is 79.0 Å². The number of hydrogen-bond donors (Lipinski definition) is 2. The summed E-state index contributed by atoms with van der Waals surface area (Å²) in [6.45, 7) is 2.79. The molecule has 48 heavy (non-hydrogen) atoms. The third-order valence-corrected chi connectivity index (χ3v) is 8.79. The van der Waals surface area contributed by atoms with E-state index >= 15 is 0 Å². The van der Waals surface area contributed by atoms with Crippen molar-refractivity contribution < 1.29 is 32.3 Å². The molecule has 5 aromatic rings. The number of aldehydes is 1. The van der Waals surface area contributed by atoms with Gasteiger partial charge in [-0.25, -0.2) is 4.39 Å². The number of para-hydroxylation sites is 1. The van der Waals surface area contributed by atoms with Gasteiger partial charge >= 0.3 is 12.1 Å². The van der Waals surface area contributed by atoms with Gasteiger partial charge in [0.05, 0.1) is 22.2 Å². The summed E-state index contributed by atoms with van der Waals surface area (Å²) in [4.78, 5) is 37.8. The van der Waals surface area contributed by atoms with Gasteiger partial charge in [-0.2, -0.15) is 13.2 Å². The number of likely N-dealkylation sites (N-methyl/N-ethyl adjacent to an activating group) is 1. The highest BCUT2D eigenvalue weighted by Crippen LogP contribution is 2.42. The van der Waals surface area contributed by atoms with Crippen molar-refractivity contribution in [3.8, 4) is 11.1 Å². The van der Waals surface area contributed by atoms with Crippen LogP contribution in [0.2, 0.25) is 0 Å². The lowest BCUT2D eigenvalue weighted by Crippen LogP contribution is -2.35. The first-order valence-electron chi connectivity index (χ1n) is 15.5. The van der Waals surface area contributed by atoms with Crippen LogP contribution in [0.4, 0.5) is 17.6 Å². The van der Waals surface area contributed by atoms with Crippen LogP contribution in [0.15, 0.2) is 83.7 Å². The van der Waals surface area contributed by atoms with E-state index in [1.54, 1.807) is 42.5 Å². The average molecular weight is 662 g/mol. The fourth-order valence-corrected chi connectivity index (χ4v) is 6.38. The molecule has 7 nitrogen and oxygen atoms in total. The zero-order valence-electron chi connectivity index (χ0n) is 26.5. The highest BCUT2D eigenvalue weighted by Gasteiger charge is 2.38. The lowest BCUT2D eigenvalue weighted by atomic mass is 9.90. The van der Waals surface area contributed by atoms with Gasteiger partial charge in [-0.1, -0.05) is 66.7 Å². The fourth-order valence-electron chi connectivity index (χ4n) is 6.38. The molecule has 2 N–H and O–H groups in total. The minimum Gasteiger partial charge on any atom is -0.480 e. The topological polar surface area (TPSA) is 91.6 Å². The standard InChI is InChI=1S/C25H21F3N2O3.C12H14FNO/c1-29-19(24(32)33)13-14-7-5-10-16-15(14)9-6-11-17(16)21-22(25(26,27)28)18-8-3-4-12-20(18)30(2)23(21)31;13-12-5-3-4-10(11(12)9-15)8-14-6-1-2-7-14/h3-12,19,29H,13H2,1-2H3,(H,32,33);3-5,9H,1-2,6-8H2. The van der Waals surface area contributed by atoms with Crippen LogP contribution in [-0.4, -0.2) is 53.0 Å². The zero-order valence-corrected chi connectivity index (χ0v) is 26.5. The third kappa shape index (κ3) is 7.02. The van der Waals surface area contributed by atoms with Crippen LogP contribution >= 0.6 is 0 Å². The lowest BCUT2D eigenvalue weighted by Gasteiger charge is -2.20. The predicted molar refractivity (Wildman–Crippen MR) is 178 cm³/mol. The molecule has 1 aromatic heterocycles. The first-order chi connectivity index (χ1) is 23.0. The summed E-state index contributed by atoms with van der Waals surface area (Å²) in [5.41, 5.74) is -0.133. The highest BCUT2D eigenvalue weighted by atomic mass is 19.4. The number of carboxylic acids is 1. The quantitative estimate of drug-likeness (QED) is 0.140. The molecule has 0 radical (unpaired) electrons. The van der Waals surface area contributed by atoms with E-state index < -0.39 is 40.7 Å². The number of nitrogens with one attached hydrogen (secondary N) is 1. The normalized spacial score (nSPS) is 14.1. The van der Waals surface area contributed by atoms with E-state index in [4.69, 9.17) is 0 Å². The Morgan fingerprint density at radius 2 is 1.54 bits per heavy atom. The Morgan fingerprint density at radius 1 is 0.917 bits per heavy atom. The molecule has 1 unspecified atom stereocenters. The molecule has 0 saturated carbocycles. The molecule has 0 spiro atoms. The Hall–Kier alpha value is -4.87. The number of aryl methyl sites for hydroxylation is 1. The van der Waals surface area contributed by atoms with E-state index in [2.05, 4.69) is 10.2 Å². The van der Waals surface area contributed by atoms with Crippen LogP contribution in [0.5, 0.6) is 0 Å². The van der Waals surface area contributed by atoms with Crippen molar-refractivity contribution in [3.63, 3.8) is 0 Å². The molecule has 0 aliphatic carbocycles. The summed E-state index contributed by atoms with van der Waals surface area (Å²) >= 11 is 0. The first kappa shape index (κ1) is 34.5. The molecule has 250 valence electrons. The summed E-state index contributed by atoms with van der Waals surface area (Å²) in [5, 5.41) is 13.1. The highest BCUT2D eigenvalue weighted by molar-refractivity contribution is 6.01. The number of aromatic nitrogens is 1. The van der Waals surface area contributed by atoms with Crippen molar-refractivity contribution >= 4 is 33.9 Å². The number of carbonyl (C=O) groups is 2. The number of pyridine rings is 1. The van der Waals surface area contributed by atoms with Crippen LogP contribution in [-0.2, 0) is 31.0 Å². The average Bonchev–Trinajstić information content (AvgIpc) is 3.58. The maximum Gasteiger partial charge on any atom is 0.417 e. The largest absolute Gasteiger partial charge is 0.480 e. The van der Waals surface area contributed by atoms with Crippen LogP contribution < -0.4 is 10.9 Å². The van der Waals surface area contributed by atoms with Crippen molar-refractivity contribution in [1.29, 1.82) is 0 Å². The Bertz CT molecular complexity index is 2030. The summed E-state index contributed by atoms with van der Waals surface area (Å²) in [7, 11) is 2.99. The van der Waals surface area contributed by atoms with Crippen LogP contribution in [0, 0.1) is 5.82 Å². The Kier molecular flexibility index (Phi) is 10.4. The van der Waals surface area contributed by atoms with Gasteiger partial charge in [0.2, 0.25) is 0 Å². The van der Waals surface area contributed by atoms with Gasteiger partial charge < -0.3 is 15.0 Å². The van der Waals surface area contributed by atoms with E-state index in [1.165, 1.54) is 61.8 Å². The van der Waals surface area contributed by atoms with Gasteiger partial charge in [0.25, 0.3) is 5.56 Å². The monoisotopic (exact) mass is 661 g/mol. The lowest BCUT2D eigenvalue weighted by molar-refractivity contribution is -0.139. The van der Waals surface area contributed by atoms with Gasteiger partial charge in [0.1, 0.15) is 11.9 Å². The molecule has 2 heterocycles. The summed E-state index contributed by atoms with van der Waals surface area (Å²) in [6.07, 6.45) is -1.62. The number of carboxylic acid groups (broad SMARTS) is 1. The molecule has 1 aliphatic heterocycles. The van der Waals surface area contributed by atoms with Gasteiger partial charge in [0.15, 0.2) is 6.29 Å². The van der Waals surface area contributed by atoms with Crippen molar-refractivity contribution in [2.75, 3.05) is 20.1 Å². The van der Waals surface area contributed by atoms with E-state index in [0.29, 0.717) is 29.2 Å². The van der Waals surface area contributed by atoms with Crippen molar-refractivity contribution in [2.45, 2.75) is 38.0 Å². The molecule has 6 rings (SSSR count). The molecule has 0 amide bonds. The molecule has 1 aliphatic rings. The number of rotatable bonds is 8. The number of aliphatic carboxylic acids is 1. The van der Waals surface area contributed by atoms with Gasteiger partial charge in [-0.15, -0.1) is 0 Å². The van der Waals surface area contributed by atoms with E-state index in [9.17, 15) is 37.1 Å². The number of likely N-dealkylation sites (tertiary alicyclic amines) is 1. The molecule has 0 bridgehead atoms. The maximum atomic E-state index is 14.3. The van der Waals surface area contributed by atoms with Crippen LogP contribution in [0.25, 0.3) is 32.8 Å². The Labute approximate surface area is 274 Å². The smallest absolute Gasteiger partial charge is 0.417 e. The number of fused-ring (bicyclic) bond motifs is 2. The molecular weight excluding hydrogens is 626 g/mol. The Morgan fingerprint density at radius 3 is 2.21 bits per heavy atom. The number of alkyl halides is 3. The number of carbonyl (C=O) groups excluding carboxylic acids is 1. The minimum absolute atomic E-state index is 0.0589. The van der Waals surface area contributed by atoms with Crippen LogP contribution in [0.1, 0.15) is 39.9 Å². The second kappa shape index (κ2) is 14.5. The summed E-state index contributed by atoms with van der Waals surface area (Å²) in [5.74, 6) is -1.45. The Balaban J connectivity index is 0.000000250. The molecule has 1 fully saturated rings. The second-order valence-corrected chi connectivity index (χ2v) is 11.7. The minimum atomic E-state index is -4.76. The fraction of sp³-hybridized carbons (Fsp3) is 0.270. The number of halogens is 4. The van der Waals surface area contributed by atoms with Gasteiger partial charge in [-0.3, -0.25) is 19.3 Å². The SMILES string of the molecule is CNC(Cc1cccc2c(-c3c(C(F)(F)F)c4ccccc4n(C)c3=O)cccc12)C(=O)O.O=Cc1c(F)cccc1CN1CCCC1. The first-order valence-corrected chi connectivity index (χ1v) is 15.5. The van der Waals surface area contributed by atoms with Crippen LogP contribution in [0.3, 0.4) is 0 Å². The van der Waals surface area contributed by atoms with Gasteiger partial charge in [0, 0.05) is 19.0 Å². The third-order valence-electron chi connectivity index (χ3n) is 8.79. The predicted octanol–water partition coefficient (Wildman–Crippen LogP) is 6.83. The van der Waals surface area contributed by atoms with E-state index in [1.807, 2.05) is 6.07 Å².